The summed E-state index contributed by atoms with van der Waals surface area (Å²) in [5.74, 6) is 2.66. The van der Waals surface area contributed by atoms with Crippen molar-refractivity contribution >= 4 is 23.0 Å². The molecular weight excluding hydrogens is 412 g/mol. The van der Waals surface area contributed by atoms with E-state index in [0.717, 1.165) is 35.4 Å². The van der Waals surface area contributed by atoms with Gasteiger partial charge in [0.1, 0.15) is 5.75 Å². The Morgan fingerprint density at radius 3 is 2.19 bits per heavy atom. The van der Waals surface area contributed by atoms with Gasteiger partial charge in [0, 0.05) is 18.2 Å². The zero-order valence-electron chi connectivity index (χ0n) is 19.0. The average Bonchev–Trinajstić information content (AvgIpc) is 3.31. The number of rotatable bonds is 8. The van der Waals surface area contributed by atoms with Gasteiger partial charge < -0.3 is 29.2 Å². The topological polar surface area (TPSA) is 52.2 Å². The summed E-state index contributed by atoms with van der Waals surface area (Å²) in [6.45, 7) is 2.66. The maximum Gasteiger partial charge on any atom is 0.203 e. The zero-order valence-corrected chi connectivity index (χ0v) is 19.8. The average molecular weight is 445 g/mol. The second kappa shape index (κ2) is 10.6. The van der Waals surface area contributed by atoms with Crippen LogP contribution in [-0.2, 0) is 6.54 Å². The monoisotopic (exact) mass is 444 g/mol. The predicted octanol–water partition coefficient (Wildman–Crippen LogP) is 5.17. The van der Waals surface area contributed by atoms with E-state index in [0.29, 0.717) is 34.9 Å². The third-order valence-corrected chi connectivity index (χ3v) is 6.09. The van der Waals surface area contributed by atoms with Gasteiger partial charge in [-0.25, -0.2) is 0 Å². The third-order valence-electron chi connectivity index (χ3n) is 5.75. The molecule has 6 nitrogen and oxygen atoms in total. The van der Waals surface area contributed by atoms with Crippen molar-refractivity contribution in [3.05, 3.63) is 41.5 Å². The van der Waals surface area contributed by atoms with Crippen LogP contribution in [0.1, 0.15) is 36.8 Å². The van der Waals surface area contributed by atoms with Crippen LogP contribution in [0.3, 0.4) is 0 Å². The number of thiocarbonyl (C=S) groups is 1. The molecule has 1 fully saturated rings. The smallest absolute Gasteiger partial charge is 0.203 e. The Morgan fingerprint density at radius 1 is 0.935 bits per heavy atom. The molecule has 0 spiro atoms. The molecule has 31 heavy (non-hydrogen) atoms. The van der Waals surface area contributed by atoms with Crippen LogP contribution >= 0.6 is 12.2 Å². The van der Waals surface area contributed by atoms with Crippen molar-refractivity contribution < 1.29 is 18.9 Å². The van der Waals surface area contributed by atoms with E-state index < -0.39 is 0 Å². The Morgan fingerprint density at radius 2 is 1.58 bits per heavy atom. The minimum absolute atomic E-state index is 0.369. The lowest BCUT2D eigenvalue weighted by molar-refractivity contribution is 0.294. The van der Waals surface area contributed by atoms with E-state index in [1.807, 2.05) is 24.3 Å². The number of nitrogens with one attached hydrogen (secondary N) is 1. The lowest BCUT2D eigenvalue weighted by atomic mass is 10.1. The van der Waals surface area contributed by atoms with Crippen LogP contribution in [0.2, 0.25) is 0 Å². The first-order chi connectivity index (χ1) is 15.0. The van der Waals surface area contributed by atoms with Gasteiger partial charge in [0.05, 0.1) is 34.1 Å². The van der Waals surface area contributed by atoms with Gasteiger partial charge in [0.2, 0.25) is 5.75 Å². The number of benzene rings is 2. The van der Waals surface area contributed by atoms with Gasteiger partial charge in [-0.1, -0.05) is 18.9 Å². The number of anilines is 1. The van der Waals surface area contributed by atoms with Crippen LogP contribution in [0.15, 0.2) is 30.3 Å². The Hall–Kier alpha value is -2.67. The fourth-order valence-corrected chi connectivity index (χ4v) is 4.48. The summed E-state index contributed by atoms with van der Waals surface area (Å²) < 4.78 is 22.2. The van der Waals surface area contributed by atoms with Crippen LogP contribution in [0.5, 0.6) is 23.0 Å². The van der Waals surface area contributed by atoms with Gasteiger partial charge >= 0.3 is 0 Å². The first-order valence-electron chi connectivity index (χ1n) is 10.5. The quantitative estimate of drug-likeness (QED) is 0.564. The fraction of sp³-hybridized carbons (Fsp3) is 0.458. The highest BCUT2D eigenvalue weighted by Crippen LogP contribution is 2.41. The number of aryl methyl sites for hydroxylation is 1. The van der Waals surface area contributed by atoms with Gasteiger partial charge in [-0.15, -0.1) is 0 Å². The van der Waals surface area contributed by atoms with Gasteiger partial charge in [-0.2, -0.15) is 0 Å². The van der Waals surface area contributed by atoms with E-state index in [2.05, 4.69) is 23.2 Å². The number of ether oxygens (including phenoxy) is 4. The molecule has 1 aliphatic rings. The van der Waals surface area contributed by atoms with Crippen LogP contribution in [0, 0.1) is 6.92 Å². The second-order valence-electron chi connectivity index (χ2n) is 7.69. The first kappa shape index (κ1) is 23.0. The van der Waals surface area contributed by atoms with Crippen LogP contribution in [-0.4, -0.2) is 44.5 Å². The molecule has 1 aliphatic carbocycles. The molecule has 0 aromatic heterocycles. The van der Waals surface area contributed by atoms with Crippen molar-refractivity contribution in [2.45, 2.75) is 45.2 Å². The van der Waals surface area contributed by atoms with Gasteiger partial charge in [-0.3, -0.25) is 0 Å². The van der Waals surface area contributed by atoms with E-state index in [1.165, 1.54) is 12.8 Å². The minimum Gasteiger partial charge on any atom is -0.495 e. The molecule has 0 heterocycles. The van der Waals surface area contributed by atoms with Gasteiger partial charge in [0.15, 0.2) is 16.6 Å². The maximum absolute atomic E-state index is 5.90. The standard InChI is InChI=1S/C24H32N2O4S/c1-16-10-12-20(27-2)19(14-16)25-24(31)26(18-8-6-7-9-18)15-17-11-13-21(28-3)23(30-5)22(17)29-4/h10-14,18H,6-9,15H2,1-5H3,(H,25,31). The van der Waals surface area contributed by atoms with E-state index in [9.17, 15) is 0 Å². The summed E-state index contributed by atoms with van der Waals surface area (Å²) in [5.41, 5.74) is 3.00. The van der Waals surface area contributed by atoms with Crippen molar-refractivity contribution in [1.29, 1.82) is 0 Å². The Balaban J connectivity index is 1.92. The Bertz CT molecular complexity index is 913. The molecule has 1 N–H and O–H groups in total. The summed E-state index contributed by atoms with van der Waals surface area (Å²) >= 11 is 5.90. The highest BCUT2D eigenvalue weighted by atomic mass is 32.1. The molecule has 0 bridgehead atoms. The predicted molar refractivity (Wildman–Crippen MR) is 128 cm³/mol. The number of hydrogen-bond donors (Lipinski definition) is 1. The van der Waals surface area contributed by atoms with E-state index in [-0.39, 0.29) is 0 Å². The van der Waals surface area contributed by atoms with Crippen molar-refractivity contribution in [2.24, 2.45) is 0 Å². The largest absolute Gasteiger partial charge is 0.495 e. The number of methoxy groups -OCH3 is 4. The van der Waals surface area contributed by atoms with Crippen molar-refractivity contribution in [3.63, 3.8) is 0 Å². The normalized spacial score (nSPS) is 13.6. The molecule has 7 heteroatoms. The summed E-state index contributed by atoms with van der Waals surface area (Å²) in [6.07, 6.45) is 4.64. The molecular formula is C24H32N2O4S. The summed E-state index contributed by atoms with van der Waals surface area (Å²) in [4.78, 5) is 2.26. The van der Waals surface area contributed by atoms with Gasteiger partial charge in [0.25, 0.3) is 0 Å². The van der Waals surface area contributed by atoms with E-state index in [4.69, 9.17) is 31.2 Å². The minimum atomic E-state index is 0.369. The molecule has 2 aromatic carbocycles. The van der Waals surface area contributed by atoms with Crippen molar-refractivity contribution in [1.82, 2.24) is 4.90 Å². The molecule has 2 aromatic rings. The lowest BCUT2D eigenvalue weighted by Gasteiger charge is -2.33. The second-order valence-corrected chi connectivity index (χ2v) is 8.08. The highest BCUT2D eigenvalue weighted by molar-refractivity contribution is 7.80. The number of hydrogen-bond acceptors (Lipinski definition) is 5. The molecule has 0 unspecified atom stereocenters. The molecule has 3 rings (SSSR count). The molecule has 0 radical (unpaired) electrons. The Labute approximate surface area is 190 Å². The van der Waals surface area contributed by atoms with Crippen LogP contribution < -0.4 is 24.3 Å². The molecule has 0 saturated heterocycles. The Kier molecular flexibility index (Phi) is 7.85. The SMILES string of the molecule is COc1ccc(C)cc1NC(=S)N(Cc1ccc(OC)c(OC)c1OC)C1CCCC1. The van der Waals surface area contributed by atoms with Crippen molar-refractivity contribution in [2.75, 3.05) is 33.8 Å². The fourth-order valence-electron chi connectivity index (χ4n) is 4.16. The molecule has 0 amide bonds. The summed E-state index contributed by atoms with van der Waals surface area (Å²) in [7, 11) is 6.56. The molecule has 0 aliphatic heterocycles. The molecule has 1 saturated carbocycles. The lowest BCUT2D eigenvalue weighted by Crippen LogP contribution is -2.41. The number of nitrogens with zero attached hydrogens (tertiary/aromatic N) is 1. The molecule has 0 atom stereocenters. The van der Waals surface area contributed by atoms with Gasteiger partial charge in [-0.05, 0) is 61.8 Å². The highest BCUT2D eigenvalue weighted by Gasteiger charge is 2.27. The summed E-state index contributed by atoms with van der Waals surface area (Å²) in [6, 6.07) is 10.3. The van der Waals surface area contributed by atoms with E-state index >= 15 is 0 Å². The van der Waals surface area contributed by atoms with Crippen LogP contribution in [0.4, 0.5) is 5.69 Å². The van der Waals surface area contributed by atoms with E-state index in [1.54, 1.807) is 28.4 Å². The first-order valence-corrected chi connectivity index (χ1v) is 10.9. The summed E-state index contributed by atoms with van der Waals surface area (Å²) in [5, 5.41) is 4.10. The zero-order chi connectivity index (χ0) is 22.4. The van der Waals surface area contributed by atoms with Crippen LogP contribution in [0.25, 0.3) is 0 Å². The van der Waals surface area contributed by atoms with Crippen molar-refractivity contribution in [3.8, 4) is 23.0 Å². The molecule has 168 valence electrons. The third kappa shape index (κ3) is 5.15. The maximum atomic E-state index is 5.90.